The Bertz CT molecular complexity index is 873. The number of nitrogens with zero attached hydrogens (tertiary/aromatic N) is 1. The number of carboxylic acids is 1. The Morgan fingerprint density at radius 2 is 1.78 bits per heavy atom. The van der Waals surface area contributed by atoms with Crippen LogP contribution in [0.5, 0.6) is 11.5 Å². The fraction of sp³-hybridized carbons (Fsp3) is 0.350. The average molecular weight is 408 g/mol. The van der Waals surface area contributed by atoms with Crippen LogP contribution >= 0.6 is 23.2 Å². The molecule has 2 aliphatic heterocycles. The molecule has 1 saturated heterocycles. The molecule has 2 heterocycles. The van der Waals surface area contributed by atoms with Crippen molar-refractivity contribution in [2.75, 3.05) is 13.3 Å². The van der Waals surface area contributed by atoms with Crippen LogP contribution in [0.2, 0.25) is 10.0 Å². The summed E-state index contributed by atoms with van der Waals surface area (Å²) in [5.41, 5.74) is 1.84. The van der Waals surface area contributed by atoms with Crippen LogP contribution < -0.4 is 9.47 Å². The van der Waals surface area contributed by atoms with Crippen LogP contribution in [0.4, 0.5) is 0 Å². The smallest absolute Gasteiger partial charge is 0.320 e. The molecule has 0 aliphatic carbocycles. The summed E-state index contributed by atoms with van der Waals surface area (Å²) < 4.78 is 10.9. The number of hydrogen-bond acceptors (Lipinski definition) is 4. The van der Waals surface area contributed by atoms with Crippen LogP contribution in [-0.4, -0.2) is 35.4 Å². The second-order valence-electron chi connectivity index (χ2n) is 6.78. The maximum atomic E-state index is 11.9. The first-order valence-corrected chi connectivity index (χ1v) is 9.63. The molecular formula is C20H19Cl2NO4. The maximum absolute atomic E-state index is 11.9. The molecule has 0 aromatic heterocycles. The molecular weight excluding hydrogens is 389 g/mol. The van der Waals surface area contributed by atoms with E-state index in [-0.39, 0.29) is 12.8 Å². The van der Waals surface area contributed by atoms with Gasteiger partial charge in [-0.2, -0.15) is 0 Å². The minimum absolute atomic E-state index is 0.192. The lowest BCUT2D eigenvalue weighted by Gasteiger charge is -2.39. The number of rotatable bonds is 4. The summed E-state index contributed by atoms with van der Waals surface area (Å²) in [5, 5.41) is 10.7. The number of hydrogen-bond donors (Lipinski definition) is 1. The molecule has 4 rings (SSSR count). The average Bonchev–Trinajstić information content (AvgIpc) is 3.13. The van der Waals surface area contributed by atoms with Crippen LogP contribution in [0.3, 0.4) is 0 Å². The quantitative estimate of drug-likeness (QED) is 0.791. The Hall–Kier alpha value is -1.95. The second-order valence-corrected chi connectivity index (χ2v) is 7.59. The lowest BCUT2D eigenvalue weighted by atomic mass is 9.91. The Morgan fingerprint density at radius 1 is 1.04 bits per heavy atom. The number of benzene rings is 2. The molecule has 2 aliphatic rings. The van der Waals surface area contributed by atoms with Gasteiger partial charge in [0.05, 0.1) is 16.1 Å². The summed E-state index contributed by atoms with van der Waals surface area (Å²) in [5.74, 6) is 0.557. The van der Waals surface area contributed by atoms with Gasteiger partial charge in [-0.15, -0.1) is 0 Å². The van der Waals surface area contributed by atoms with Crippen LogP contribution in [-0.2, 0) is 4.79 Å². The largest absolute Gasteiger partial charge is 0.480 e. The topological polar surface area (TPSA) is 59.0 Å². The Morgan fingerprint density at radius 3 is 2.56 bits per heavy atom. The predicted molar refractivity (Wildman–Crippen MR) is 103 cm³/mol. The summed E-state index contributed by atoms with van der Waals surface area (Å²) in [6.45, 7) is 0.883. The molecule has 0 spiro atoms. The molecule has 0 amide bonds. The third-order valence-electron chi connectivity index (χ3n) is 5.13. The van der Waals surface area contributed by atoms with E-state index >= 15 is 0 Å². The van der Waals surface area contributed by atoms with Crippen molar-refractivity contribution in [3.63, 3.8) is 0 Å². The van der Waals surface area contributed by atoms with E-state index in [4.69, 9.17) is 32.7 Å². The first-order chi connectivity index (χ1) is 13.0. The molecule has 7 heteroatoms. The maximum Gasteiger partial charge on any atom is 0.320 e. The molecule has 0 radical (unpaired) electrons. The fourth-order valence-corrected chi connectivity index (χ4v) is 4.18. The molecule has 5 nitrogen and oxygen atoms in total. The number of piperidine rings is 1. The van der Waals surface area contributed by atoms with Gasteiger partial charge in [0.2, 0.25) is 6.79 Å². The second kappa shape index (κ2) is 7.58. The van der Waals surface area contributed by atoms with E-state index in [2.05, 4.69) is 0 Å². The first kappa shape index (κ1) is 18.4. The van der Waals surface area contributed by atoms with E-state index in [1.165, 1.54) is 0 Å². The van der Waals surface area contributed by atoms with E-state index in [9.17, 15) is 9.90 Å². The van der Waals surface area contributed by atoms with Crippen molar-refractivity contribution in [3.8, 4) is 11.5 Å². The monoisotopic (exact) mass is 407 g/mol. The number of fused-ring (bicyclic) bond motifs is 1. The van der Waals surface area contributed by atoms with E-state index in [1.807, 2.05) is 35.2 Å². The van der Waals surface area contributed by atoms with E-state index in [0.29, 0.717) is 34.5 Å². The van der Waals surface area contributed by atoms with Gasteiger partial charge in [-0.3, -0.25) is 9.69 Å². The third kappa shape index (κ3) is 3.59. The molecule has 1 N–H and O–H groups in total. The normalized spacial score (nSPS) is 20.4. The zero-order valence-electron chi connectivity index (χ0n) is 14.5. The summed E-state index contributed by atoms with van der Waals surface area (Å²) in [6, 6.07) is 10.4. The minimum Gasteiger partial charge on any atom is -0.480 e. The highest BCUT2D eigenvalue weighted by Gasteiger charge is 2.35. The lowest BCUT2D eigenvalue weighted by Crippen LogP contribution is -2.46. The van der Waals surface area contributed by atoms with Crippen molar-refractivity contribution in [1.29, 1.82) is 0 Å². The highest BCUT2D eigenvalue weighted by atomic mass is 35.5. The number of aliphatic carboxylic acids is 1. The van der Waals surface area contributed by atoms with Gasteiger partial charge < -0.3 is 14.6 Å². The Labute approximate surface area is 167 Å². The van der Waals surface area contributed by atoms with E-state index in [0.717, 1.165) is 24.0 Å². The molecule has 27 heavy (non-hydrogen) atoms. The zero-order valence-corrected chi connectivity index (χ0v) is 16.0. The standard InChI is InChI=1S/C20H19Cl2NO4/c21-14-6-4-12(9-15(14)22)19(23-8-2-1-3-16(23)20(24)25)13-5-7-17-18(10-13)27-11-26-17/h4-7,9-10,16,19H,1-3,8,11H2,(H,24,25). The van der Waals surface area contributed by atoms with Gasteiger partial charge in [0.25, 0.3) is 0 Å². The van der Waals surface area contributed by atoms with Crippen molar-refractivity contribution >= 4 is 29.2 Å². The summed E-state index contributed by atoms with van der Waals surface area (Å²) in [4.78, 5) is 13.9. The van der Waals surface area contributed by atoms with Crippen molar-refractivity contribution in [3.05, 3.63) is 57.6 Å². The summed E-state index contributed by atoms with van der Waals surface area (Å²) in [6.07, 6.45) is 2.48. The van der Waals surface area contributed by atoms with Gasteiger partial charge in [-0.05, 0) is 54.8 Å². The Kier molecular flexibility index (Phi) is 5.17. The van der Waals surface area contributed by atoms with E-state index in [1.54, 1.807) is 6.07 Å². The SMILES string of the molecule is O=C(O)C1CCCCN1C(c1ccc(Cl)c(Cl)c1)c1ccc2c(c1)OCO2. The van der Waals surface area contributed by atoms with Crippen molar-refractivity contribution < 1.29 is 19.4 Å². The van der Waals surface area contributed by atoms with Crippen molar-refractivity contribution in [2.24, 2.45) is 0 Å². The third-order valence-corrected chi connectivity index (χ3v) is 5.87. The molecule has 0 bridgehead atoms. The van der Waals surface area contributed by atoms with Gasteiger partial charge in [-0.1, -0.05) is 41.8 Å². The highest BCUT2D eigenvalue weighted by molar-refractivity contribution is 6.42. The van der Waals surface area contributed by atoms with Gasteiger partial charge in [0.1, 0.15) is 6.04 Å². The van der Waals surface area contributed by atoms with Crippen LogP contribution in [0.25, 0.3) is 0 Å². The summed E-state index contributed by atoms with van der Waals surface area (Å²) in [7, 11) is 0. The number of ether oxygens (including phenoxy) is 2. The zero-order chi connectivity index (χ0) is 19.0. The first-order valence-electron chi connectivity index (χ1n) is 8.87. The predicted octanol–water partition coefficient (Wildman–Crippen LogP) is 4.75. The number of carboxylic acid groups (broad SMARTS) is 1. The fourth-order valence-electron chi connectivity index (χ4n) is 3.87. The van der Waals surface area contributed by atoms with Gasteiger partial charge in [-0.25, -0.2) is 0 Å². The molecule has 2 unspecified atom stereocenters. The van der Waals surface area contributed by atoms with Crippen molar-refractivity contribution in [2.45, 2.75) is 31.3 Å². The molecule has 0 saturated carbocycles. The molecule has 142 valence electrons. The highest BCUT2D eigenvalue weighted by Crippen LogP contribution is 2.40. The van der Waals surface area contributed by atoms with Crippen LogP contribution in [0.1, 0.15) is 36.4 Å². The summed E-state index contributed by atoms with van der Waals surface area (Å²) >= 11 is 12.4. The van der Waals surface area contributed by atoms with Crippen molar-refractivity contribution in [1.82, 2.24) is 4.90 Å². The molecule has 2 aromatic carbocycles. The van der Waals surface area contributed by atoms with Gasteiger partial charge in [0, 0.05) is 0 Å². The van der Waals surface area contributed by atoms with Gasteiger partial charge >= 0.3 is 5.97 Å². The number of carbonyl (C=O) groups is 1. The Balaban J connectivity index is 1.81. The lowest BCUT2D eigenvalue weighted by molar-refractivity contribution is -0.145. The molecule has 2 atom stereocenters. The van der Waals surface area contributed by atoms with E-state index < -0.39 is 12.0 Å². The number of halogens is 2. The molecule has 2 aromatic rings. The van der Waals surface area contributed by atoms with Crippen LogP contribution in [0.15, 0.2) is 36.4 Å². The minimum atomic E-state index is -0.805. The number of likely N-dealkylation sites (tertiary alicyclic amines) is 1. The molecule has 1 fully saturated rings. The van der Waals surface area contributed by atoms with Crippen LogP contribution in [0, 0.1) is 0 Å². The van der Waals surface area contributed by atoms with Gasteiger partial charge in [0.15, 0.2) is 11.5 Å².